The Balaban J connectivity index is 1.58. The van der Waals surface area contributed by atoms with Crippen LogP contribution in [-0.4, -0.2) is 24.3 Å². The fraction of sp³-hybridized carbons (Fsp3) is 0.100. The molecule has 0 radical (unpaired) electrons. The molecule has 9 heteroatoms. The molecule has 7 nitrogen and oxygen atoms in total. The van der Waals surface area contributed by atoms with Gasteiger partial charge in [0.15, 0.2) is 0 Å². The Labute approximate surface area is 227 Å². The van der Waals surface area contributed by atoms with Crippen LogP contribution in [0.2, 0.25) is 0 Å². The summed E-state index contributed by atoms with van der Waals surface area (Å²) in [6, 6.07) is 24.0. The van der Waals surface area contributed by atoms with Crippen LogP contribution in [0.15, 0.2) is 107 Å². The standard InChI is InChI=1S/C30H24FN3O4S/c31-24-13-4-3-12-23(24)28(30(37)32-18-21-10-6-16-38-21)34(25-14-5-9-20-8-1-2-11-22(20)25)27(35)19-33-29(36)26-15-7-17-39-26/h1-17,28H,18-19H2,(H,32,37)(H,33,36). The van der Waals surface area contributed by atoms with Crippen LogP contribution in [0.5, 0.6) is 0 Å². The molecule has 0 aliphatic rings. The maximum atomic E-state index is 15.3. The lowest BCUT2D eigenvalue weighted by Gasteiger charge is -2.32. The van der Waals surface area contributed by atoms with Gasteiger partial charge in [-0.15, -0.1) is 11.3 Å². The molecule has 0 aliphatic heterocycles. The van der Waals surface area contributed by atoms with E-state index in [1.165, 1.54) is 40.7 Å². The minimum atomic E-state index is -1.38. The number of hydrogen-bond acceptors (Lipinski definition) is 5. The first-order valence-corrected chi connectivity index (χ1v) is 13.1. The van der Waals surface area contributed by atoms with E-state index in [1.54, 1.807) is 47.8 Å². The maximum Gasteiger partial charge on any atom is 0.261 e. The molecule has 2 N–H and O–H groups in total. The fourth-order valence-corrected chi connectivity index (χ4v) is 4.99. The second kappa shape index (κ2) is 11.7. The molecule has 0 fully saturated rings. The Bertz CT molecular complexity index is 1600. The number of hydrogen-bond donors (Lipinski definition) is 2. The van der Waals surface area contributed by atoms with Crippen molar-refractivity contribution in [2.45, 2.75) is 12.6 Å². The molecular formula is C30H24FN3O4S. The molecule has 1 atom stereocenters. The number of benzene rings is 3. The number of nitrogens with zero attached hydrogens (tertiary/aromatic N) is 1. The normalized spacial score (nSPS) is 11.6. The predicted molar refractivity (Wildman–Crippen MR) is 148 cm³/mol. The van der Waals surface area contributed by atoms with Gasteiger partial charge in [-0.2, -0.15) is 0 Å². The van der Waals surface area contributed by atoms with E-state index in [-0.39, 0.29) is 12.1 Å². The maximum absolute atomic E-state index is 15.3. The molecule has 0 saturated carbocycles. The van der Waals surface area contributed by atoms with Crippen LogP contribution in [0.3, 0.4) is 0 Å². The van der Waals surface area contributed by atoms with Crippen molar-refractivity contribution in [2.75, 3.05) is 11.4 Å². The van der Waals surface area contributed by atoms with E-state index in [2.05, 4.69) is 10.6 Å². The van der Waals surface area contributed by atoms with Crippen molar-refractivity contribution in [1.82, 2.24) is 10.6 Å². The van der Waals surface area contributed by atoms with Crippen molar-refractivity contribution in [3.05, 3.63) is 125 Å². The number of carbonyl (C=O) groups excluding carboxylic acids is 3. The largest absolute Gasteiger partial charge is 0.467 e. The van der Waals surface area contributed by atoms with Crippen LogP contribution >= 0.6 is 11.3 Å². The van der Waals surface area contributed by atoms with Crippen LogP contribution in [0.25, 0.3) is 10.8 Å². The molecule has 0 aliphatic carbocycles. The zero-order valence-electron chi connectivity index (χ0n) is 20.7. The Kier molecular flexibility index (Phi) is 7.79. The third-order valence-electron chi connectivity index (χ3n) is 6.16. The summed E-state index contributed by atoms with van der Waals surface area (Å²) in [5.74, 6) is -1.75. The zero-order valence-corrected chi connectivity index (χ0v) is 21.5. The summed E-state index contributed by atoms with van der Waals surface area (Å²) in [4.78, 5) is 42.0. The van der Waals surface area contributed by atoms with Crippen molar-refractivity contribution < 1.29 is 23.2 Å². The highest BCUT2D eigenvalue weighted by Crippen LogP contribution is 2.34. The van der Waals surface area contributed by atoms with E-state index in [9.17, 15) is 14.4 Å². The van der Waals surface area contributed by atoms with Crippen LogP contribution in [-0.2, 0) is 16.1 Å². The number of fused-ring (bicyclic) bond motifs is 1. The summed E-state index contributed by atoms with van der Waals surface area (Å²) >= 11 is 1.25. The Morgan fingerprint density at radius 3 is 2.44 bits per heavy atom. The summed E-state index contributed by atoms with van der Waals surface area (Å²) in [6.07, 6.45) is 1.48. The summed E-state index contributed by atoms with van der Waals surface area (Å²) in [6.45, 7) is -0.361. The summed E-state index contributed by atoms with van der Waals surface area (Å²) in [5, 5.41) is 8.70. The number of thiophene rings is 1. The SMILES string of the molecule is O=C(NCC(=O)N(c1cccc2ccccc12)C(C(=O)NCc1ccco1)c1ccccc1F)c1cccs1. The first-order chi connectivity index (χ1) is 19.0. The number of amides is 3. The van der Waals surface area contributed by atoms with E-state index in [4.69, 9.17) is 4.42 Å². The van der Waals surface area contributed by atoms with E-state index in [0.717, 1.165) is 5.39 Å². The van der Waals surface area contributed by atoms with E-state index in [0.29, 0.717) is 21.7 Å². The van der Waals surface area contributed by atoms with Crippen molar-refractivity contribution in [1.29, 1.82) is 0 Å². The summed E-state index contributed by atoms with van der Waals surface area (Å²) in [7, 11) is 0. The quantitative estimate of drug-likeness (QED) is 0.260. The highest BCUT2D eigenvalue weighted by Gasteiger charge is 2.35. The minimum Gasteiger partial charge on any atom is -0.467 e. The third kappa shape index (κ3) is 5.73. The second-order valence-electron chi connectivity index (χ2n) is 8.64. The molecule has 1 unspecified atom stereocenters. The van der Waals surface area contributed by atoms with Crippen LogP contribution in [0.4, 0.5) is 10.1 Å². The third-order valence-corrected chi connectivity index (χ3v) is 7.03. The summed E-state index contributed by atoms with van der Waals surface area (Å²) in [5.41, 5.74) is 0.421. The molecule has 0 spiro atoms. The number of nitrogens with one attached hydrogen (secondary N) is 2. The summed E-state index contributed by atoms with van der Waals surface area (Å²) < 4.78 is 20.6. The van der Waals surface area contributed by atoms with Gasteiger partial charge in [-0.3, -0.25) is 19.3 Å². The molecule has 5 rings (SSSR count). The molecule has 0 bridgehead atoms. The smallest absolute Gasteiger partial charge is 0.261 e. The molecule has 3 amide bonds. The van der Waals surface area contributed by atoms with Crippen molar-refractivity contribution in [3.63, 3.8) is 0 Å². The number of furan rings is 1. The van der Waals surface area contributed by atoms with Crippen molar-refractivity contribution in [2.24, 2.45) is 0 Å². The van der Waals surface area contributed by atoms with Gasteiger partial charge in [0.1, 0.15) is 17.6 Å². The van der Waals surface area contributed by atoms with E-state index in [1.807, 2.05) is 30.3 Å². The first kappa shape index (κ1) is 25.9. The highest BCUT2D eigenvalue weighted by atomic mass is 32.1. The second-order valence-corrected chi connectivity index (χ2v) is 9.59. The average molecular weight is 542 g/mol. The van der Waals surface area contributed by atoms with Gasteiger partial charge in [-0.05, 0) is 41.1 Å². The van der Waals surface area contributed by atoms with Gasteiger partial charge in [0, 0.05) is 10.9 Å². The lowest BCUT2D eigenvalue weighted by atomic mass is 10.00. The zero-order chi connectivity index (χ0) is 27.2. The fourth-order valence-electron chi connectivity index (χ4n) is 4.35. The molecule has 196 valence electrons. The molecular weight excluding hydrogens is 517 g/mol. The molecule has 2 heterocycles. The van der Waals surface area contributed by atoms with Gasteiger partial charge in [-0.1, -0.05) is 60.7 Å². The minimum absolute atomic E-state index is 0.0142. The topological polar surface area (TPSA) is 91.7 Å². The highest BCUT2D eigenvalue weighted by molar-refractivity contribution is 7.12. The van der Waals surface area contributed by atoms with Gasteiger partial charge in [0.2, 0.25) is 11.8 Å². The molecule has 2 aromatic heterocycles. The van der Waals surface area contributed by atoms with E-state index < -0.39 is 36.1 Å². The van der Waals surface area contributed by atoms with Crippen molar-refractivity contribution >= 4 is 45.5 Å². The monoisotopic (exact) mass is 541 g/mol. The van der Waals surface area contributed by atoms with Crippen LogP contribution in [0, 0.1) is 5.82 Å². The van der Waals surface area contributed by atoms with Gasteiger partial charge >= 0.3 is 0 Å². The Hall–Kier alpha value is -4.76. The van der Waals surface area contributed by atoms with E-state index >= 15 is 4.39 Å². The molecule has 3 aromatic carbocycles. The number of carbonyl (C=O) groups is 3. The average Bonchev–Trinajstić information content (AvgIpc) is 3.69. The first-order valence-electron chi connectivity index (χ1n) is 12.2. The Morgan fingerprint density at radius 2 is 1.67 bits per heavy atom. The van der Waals surface area contributed by atoms with Crippen LogP contribution in [0.1, 0.15) is 27.0 Å². The van der Waals surface area contributed by atoms with Gasteiger partial charge in [0.25, 0.3) is 5.91 Å². The van der Waals surface area contributed by atoms with Gasteiger partial charge < -0.3 is 15.1 Å². The lowest BCUT2D eigenvalue weighted by Crippen LogP contribution is -2.47. The molecule has 39 heavy (non-hydrogen) atoms. The number of halogens is 1. The predicted octanol–water partition coefficient (Wildman–Crippen LogP) is 5.45. The lowest BCUT2D eigenvalue weighted by molar-refractivity contribution is -0.126. The molecule has 5 aromatic rings. The number of anilines is 1. The van der Waals surface area contributed by atoms with Gasteiger partial charge in [0.05, 0.1) is 29.9 Å². The van der Waals surface area contributed by atoms with Crippen molar-refractivity contribution in [3.8, 4) is 0 Å². The number of rotatable bonds is 9. The Morgan fingerprint density at radius 1 is 0.872 bits per heavy atom. The van der Waals surface area contributed by atoms with Gasteiger partial charge in [-0.25, -0.2) is 4.39 Å². The van der Waals surface area contributed by atoms with Crippen LogP contribution < -0.4 is 15.5 Å². The molecule has 0 saturated heterocycles.